The number of hydrogen-bond donors (Lipinski definition) is 0. The highest BCUT2D eigenvalue weighted by Crippen LogP contribution is 2.42. The molecule has 3 aromatic heterocycles. The number of hydrogen-bond acceptors (Lipinski definition) is 2. The van der Waals surface area contributed by atoms with Crippen LogP contribution >= 0.6 is 11.3 Å². The van der Waals surface area contributed by atoms with E-state index in [4.69, 9.17) is 4.42 Å². The van der Waals surface area contributed by atoms with E-state index >= 15 is 0 Å². The van der Waals surface area contributed by atoms with Crippen molar-refractivity contribution in [1.82, 2.24) is 4.57 Å². The maximum Gasteiger partial charge on any atom is 0.137 e. The summed E-state index contributed by atoms with van der Waals surface area (Å²) in [4.78, 5) is 0. The van der Waals surface area contributed by atoms with E-state index in [1.807, 2.05) is 11.3 Å². The Morgan fingerprint density at radius 1 is 0.513 bits per heavy atom. The number of fused-ring (bicyclic) bond motifs is 9. The Balaban J connectivity index is 1.31. The predicted octanol–water partition coefficient (Wildman–Crippen LogP) is 10.7. The van der Waals surface area contributed by atoms with Gasteiger partial charge in [0, 0.05) is 36.3 Å². The van der Waals surface area contributed by atoms with Crippen LogP contribution in [0.25, 0.3) is 80.7 Å². The zero-order chi connectivity index (χ0) is 25.5. The van der Waals surface area contributed by atoms with Gasteiger partial charge in [-0.1, -0.05) is 84.9 Å². The molecule has 0 aliphatic rings. The maximum atomic E-state index is 6.54. The molecule has 0 N–H and O–H groups in total. The molecule has 0 atom stereocenters. The van der Waals surface area contributed by atoms with Crippen LogP contribution in [0.4, 0.5) is 0 Å². The summed E-state index contributed by atoms with van der Waals surface area (Å²) < 4.78 is 11.6. The number of nitrogens with zero attached hydrogens (tertiary/aromatic N) is 1. The van der Waals surface area contributed by atoms with E-state index in [9.17, 15) is 0 Å². The second-order valence-corrected chi connectivity index (χ2v) is 11.2. The third-order valence-electron chi connectivity index (χ3n) is 8.01. The van der Waals surface area contributed by atoms with Gasteiger partial charge in [0.1, 0.15) is 11.2 Å². The van der Waals surface area contributed by atoms with Gasteiger partial charge in [-0.25, -0.2) is 0 Å². The Bertz CT molecular complexity index is 2350. The highest BCUT2D eigenvalue weighted by Gasteiger charge is 2.18. The predicted molar refractivity (Wildman–Crippen MR) is 166 cm³/mol. The Morgan fingerprint density at radius 2 is 1.21 bits per heavy atom. The summed E-state index contributed by atoms with van der Waals surface area (Å²) in [5.41, 5.74) is 7.79. The molecule has 0 bridgehead atoms. The summed E-state index contributed by atoms with van der Waals surface area (Å²) in [7, 11) is 0. The van der Waals surface area contributed by atoms with Gasteiger partial charge >= 0.3 is 0 Å². The summed E-state index contributed by atoms with van der Waals surface area (Å²) in [6.07, 6.45) is 0. The molecule has 0 spiro atoms. The van der Waals surface area contributed by atoms with Crippen molar-refractivity contribution in [1.29, 1.82) is 0 Å². The molecule has 0 aliphatic heterocycles. The summed E-state index contributed by atoms with van der Waals surface area (Å²) in [5, 5.41) is 7.43. The van der Waals surface area contributed by atoms with Crippen molar-refractivity contribution >= 4 is 75.3 Å². The van der Waals surface area contributed by atoms with Crippen LogP contribution in [0.1, 0.15) is 0 Å². The van der Waals surface area contributed by atoms with E-state index in [1.54, 1.807) is 0 Å². The van der Waals surface area contributed by atoms with Gasteiger partial charge in [0.15, 0.2) is 0 Å². The molecule has 0 fully saturated rings. The molecule has 3 heterocycles. The minimum Gasteiger partial charge on any atom is -0.456 e. The van der Waals surface area contributed by atoms with Gasteiger partial charge in [0.05, 0.1) is 22.1 Å². The Labute approximate surface area is 227 Å². The average Bonchev–Trinajstić information content (AvgIpc) is 3.66. The zero-order valence-corrected chi connectivity index (χ0v) is 21.7. The summed E-state index contributed by atoms with van der Waals surface area (Å²) in [6, 6.07) is 45.7. The van der Waals surface area contributed by atoms with Crippen molar-refractivity contribution in [2.24, 2.45) is 0 Å². The first kappa shape index (κ1) is 21.1. The lowest BCUT2D eigenvalue weighted by Crippen LogP contribution is -1.94. The molecule has 0 radical (unpaired) electrons. The fourth-order valence-corrected chi connectivity index (χ4v) is 7.56. The average molecular weight is 516 g/mol. The minimum absolute atomic E-state index is 0.904. The third kappa shape index (κ3) is 2.91. The molecule has 0 saturated heterocycles. The van der Waals surface area contributed by atoms with E-state index in [0.717, 1.165) is 27.6 Å². The van der Waals surface area contributed by atoms with Crippen LogP contribution in [0.15, 0.2) is 132 Å². The molecular weight excluding hydrogens is 494 g/mol. The lowest BCUT2D eigenvalue weighted by atomic mass is 10.0. The topological polar surface area (TPSA) is 18.1 Å². The Morgan fingerprint density at radius 3 is 2.03 bits per heavy atom. The first-order valence-electron chi connectivity index (χ1n) is 13.2. The van der Waals surface area contributed by atoms with Crippen LogP contribution in [-0.2, 0) is 0 Å². The van der Waals surface area contributed by atoms with Gasteiger partial charge in [-0.15, -0.1) is 11.3 Å². The van der Waals surface area contributed by atoms with E-state index < -0.39 is 0 Å². The smallest absolute Gasteiger partial charge is 0.137 e. The standard InChI is InChI=1S/C36H21NOS/c1-4-14-29-24(9-1)25-10-2-5-15-30(25)37(29)31-16-8-17-32-35(31)28-20-19-22(21-33(28)38-32)23-12-7-13-27-26-11-3-6-18-34(26)39-36(23)27/h1-21H. The van der Waals surface area contributed by atoms with Gasteiger partial charge in [0.2, 0.25) is 0 Å². The third-order valence-corrected chi connectivity index (χ3v) is 9.23. The van der Waals surface area contributed by atoms with Crippen molar-refractivity contribution < 1.29 is 4.42 Å². The lowest BCUT2D eigenvalue weighted by Gasteiger charge is -2.09. The molecule has 9 rings (SSSR count). The van der Waals surface area contributed by atoms with Gasteiger partial charge in [-0.05, 0) is 53.6 Å². The summed E-state index contributed by atoms with van der Waals surface area (Å²) >= 11 is 1.86. The van der Waals surface area contributed by atoms with Gasteiger partial charge in [-0.3, -0.25) is 0 Å². The molecule has 2 nitrogen and oxygen atoms in total. The molecule has 3 heteroatoms. The molecule has 9 aromatic rings. The highest BCUT2D eigenvalue weighted by molar-refractivity contribution is 7.26. The van der Waals surface area contributed by atoms with E-state index in [1.165, 1.54) is 53.1 Å². The first-order chi connectivity index (χ1) is 19.3. The summed E-state index contributed by atoms with van der Waals surface area (Å²) in [5.74, 6) is 0. The van der Waals surface area contributed by atoms with Crippen molar-refractivity contribution in [2.75, 3.05) is 0 Å². The van der Waals surface area contributed by atoms with Crippen LogP contribution in [-0.4, -0.2) is 4.57 Å². The molecular formula is C36H21NOS. The highest BCUT2D eigenvalue weighted by atomic mass is 32.1. The van der Waals surface area contributed by atoms with Gasteiger partial charge in [-0.2, -0.15) is 0 Å². The molecule has 6 aromatic carbocycles. The van der Waals surface area contributed by atoms with Crippen molar-refractivity contribution in [2.45, 2.75) is 0 Å². The SMILES string of the molecule is c1cc(-n2c3ccccc3c3ccccc32)c2c(c1)oc1cc(-c3cccc4c3sc3ccccc34)ccc12. The number of furan rings is 1. The minimum atomic E-state index is 0.904. The molecule has 0 unspecified atom stereocenters. The van der Waals surface area contributed by atoms with Gasteiger partial charge < -0.3 is 8.98 Å². The van der Waals surface area contributed by atoms with E-state index in [2.05, 4.69) is 132 Å². The van der Waals surface area contributed by atoms with Crippen LogP contribution < -0.4 is 0 Å². The van der Waals surface area contributed by atoms with Crippen LogP contribution in [0.5, 0.6) is 0 Å². The monoisotopic (exact) mass is 515 g/mol. The molecule has 0 amide bonds. The quantitative estimate of drug-likeness (QED) is 0.224. The van der Waals surface area contributed by atoms with Crippen LogP contribution in [0.2, 0.25) is 0 Å². The van der Waals surface area contributed by atoms with E-state index in [0.29, 0.717) is 0 Å². The molecule has 182 valence electrons. The summed E-state index contributed by atoms with van der Waals surface area (Å²) in [6.45, 7) is 0. The number of para-hydroxylation sites is 2. The number of thiophene rings is 1. The number of rotatable bonds is 2. The van der Waals surface area contributed by atoms with Crippen molar-refractivity contribution in [3.63, 3.8) is 0 Å². The zero-order valence-electron chi connectivity index (χ0n) is 20.9. The van der Waals surface area contributed by atoms with Crippen LogP contribution in [0, 0.1) is 0 Å². The van der Waals surface area contributed by atoms with Gasteiger partial charge in [0.25, 0.3) is 0 Å². The first-order valence-corrected chi connectivity index (χ1v) is 14.0. The molecule has 39 heavy (non-hydrogen) atoms. The normalized spacial score (nSPS) is 12.1. The molecule has 0 aliphatic carbocycles. The molecule has 0 saturated carbocycles. The fraction of sp³-hybridized carbons (Fsp3) is 0. The van der Waals surface area contributed by atoms with E-state index in [-0.39, 0.29) is 0 Å². The lowest BCUT2D eigenvalue weighted by molar-refractivity contribution is 0.669. The Kier molecular flexibility index (Phi) is 4.24. The van der Waals surface area contributed by atoms with Crippen LogP contribution in [0.3, 0.4) is 0 Å². The number of aromatic nitrogens is 1. The largest absolute Gasteiger partial charge is 0.456 e. The maximum absolute atomic E-state index is 6.54. The number of benzene rings is 6. The fourth-order valence-electron chi connectivity index (χ4n) is 6.32. The Hall–Kier alpha value is -4.86. The van der Waals surface area contributed by atoms with Crippen molar-refractivity contribution in [3.8, 4) is 16.8 Å². The second kappa shape index (κ2) is 7.83. The van der Waals surface area contributed by atoms with Crippen molar-refractivity contribution in [3.05, 3.63) is 127 Å². The second-order valence-electron chi connectivity index (χ2n) is 10.1.